The molecule has 0 atom stereocenters. The van der Waals surface area contributed by atoms with Crippen molar-refractivity contribution in [2.45, 2.75) is 0 Å². The summed E-state index contributed by atoms with van der Waals surface area (Å²) < 4.78 is 1.18. The number of anilines is 2. The Morgan fingerprint density at radius 1 is 1.15 bits per heavy atom. The standard InChI is InChI=1S/C13H11N5OS/c14-16-12-4-2-10(17-18-12)13(19)15-9-1-3-11-8(7-9)5-6-20-11/h1-7H,14H2,(H,15,19)(H,16,18). The summed E-state index contributed by atoms with van der Waals surface area (Å²) in [5, 5.41) is 13.5. The minimum Gasteiger partial charge on any atom is -0.321 e. The molecule has 0 aliphatic rings. The van der Waals surface area contributed by atoms with Crippen molar-refractivity contribution in [3.63, 3.8) is 0 Å². The van der Waals surface area contributed by atoms with E-state index in [1.54, 1.807) is 23.5 Å². The van der Waals surface area contributed by atoms with Crippen LogP contribution in [0.15, 0.2) is 41.8 Å². The normalized spacial score (nSPS) is 10.4. The van der Waals surface area contributed by atoms with E-state index in [1.165, 1.54) is 4.70 Å². The van der Waals surface area contributed by atoms with Gasteiger partial charge in [0.05, 0.1) is 0 Å². The van der Waals surface area contributed by atoms with E-state index in [0.29, 0.717) is 5.82 Å². The molecule has 0 unspecified atom stereocenters. The molecule has 4 N–H and O–H groups in total. The Morgan fingerprint density at radius 3 is 2.80 bits per heavy atom. The molecule has 0 saturated heterocycles. The summed E-state index contributed by atoms with van der Waals surface area (Å²) in [5.41, 5.74) is 3.31. The van der Waals surface area contributed by atoms with Gasteiger partial charge in [0.25, 0.3) is 5.91 Å². The van der Waals surface area contributed by atoms with E-state index in [0.717, 1.165) is 11.1 Å². The molecule has 0 fully saturated rings. The van der Waals surface area contributed by atoms with E-state index in [-0.39, 0.29) is 11.6 Å². The minimum atomic E-state index is -0.310. The lowest BCUT2D eigenvalue weighted by Gasteiger charge is -2.05. The largest absolute Gasteiger partial charge is 0.321 e. The molecular weight excluding hydrogens is 274 g/mol. The van der Waals surface area contributed by atoms with Crippen LogP contribution < -0.4 is 16.6 Å². The quantitative estimate of drug-likeness (QED) is 0.507. The Labute approximate surface area is 118 Å². The predicted octanol–water partition coefficient (Wildman–Crippen LogP) is 2.23. The number of amides is 1. The third-order valence-corrected chi connectivity index (χ3v) is 3.65. The van der Waals surface area contributed by atoms with E-state index in [1.807, 2.05) is 29.6 Å². The number of carbonyl (C=O) groups is 1. The summed E-state index contributed by atoms with van der Waals surface area (Å²) >= 11 is 1.66. The van der Waals surface area contributed by atoms with Crippen LogP contribution in [0.25, 0.3) is 10.1 Å². The van der Waals surface area contributed by atoms with Gasteiger partial charge in [-0.25, -0.2) is 5.84 Å². The summed E-state index contributed by atoms with van der Waals surface area (Å²) in [7, 11) is 0. The number of nitrogen functional groups attached to an aromatic ring is 1. The van der Waals surface area contributed by atoms with Gasteiger partial charge in [-0.3, -0.25) is 4.79 Å². The zero-order valence-electron chi connectivity index (χ0n) is 10.3. The number of thiophene rings is 1. The molecule has 1 aromatic carbocycles. The summed E-state index contributed by atoms with van der Waals surface area (Å²) in [5.74, 6) is 5.28. The molecule has 0 radical (unpaired) electrons. The average Bonchev–Trinajstić information content (AvgIpc) is 2.95. The Kier molecular flexibility index (Phi) is 3.28. The number of hydrogen-bond acceptors (Lipinski definition) is 6. The topological polar surface area (TPSA) is 92.9 Å². The van der Waals surface area contributed by atoms with Gasteiger partial charge in [0, 0.05) is 10.4 Å². The molecule has 2 aromatic heterocycles. The van der Waals surface area contributed by atoms with Crippen LogP contribution in [0.4, 0.5) is 11.5 Å². The van der Waals surface area contributed by atoms with Crippen molar-refractivity contribution in [1.82, 2.24) is 10.2 Å². The molecule has 0 aliphatic carbocycles. The molecule has 7 heteroatoms. The predicted molar refractivity (Wildman–Crippen MR) is 79.6 cm³/mol. The van der Waals surface area contributed by atoms with Crippen LogP contribution in [-0.4, -0.2) is 16.1 Å². The number of nitrogens with zero attached hydrogens (tertiary/aromatic N) is 2. The highest BCUT2D eigenvalue weighted by atomic mass is 32.1. The highest BCUT2D eigenvalue weighted by molar-refractivity contribution is 7.17. The SMILES string of the molecule is NNc1ccc(C(=O)Nc2ccc3sccc3c2)nn1. The van der Waals surface area contributed by atoms with Crippen LogP contribution in [-0.2, 0) is 0 Å². The van der Waals surface area contributed by atoms with Crippen LogP contribution in [0.2, 0.25) is 0 Å². The Hall–Kier alpha value is -2.51. The van der Waals surface area contributed by atoms with Crippen LogP contribution >= 0.6 is 11.3 Å². The zero-order valence-corrected chi connectivity index (χ0v) is 11.1. The van der Waals surface area contributed by atoms with Gasteiger partial charge in [0.15, 0.2) is 11.5 Å². The van der Waals surface area contributed by atoms with Gasteiger partial charge in [-0.2, -0.15) is 0 Å². The first-order valence-electron chi connectivity index (χ1n) is 5.85. The zero-order chi connectivity index (χ0) is 13.9. The third-order valence-electron chi connectivity index (χ3n) is 2.76. The van der Waals surface area contributed by atoms with Crippen LogP contribution in [0, 0.1) is 0 Å². The first kappa shape index (κ1) is 12.5. The van der Waals surface area contributed by atoms with Crippen LogP contribution in [0.5, 0.6) is 0 Å². The summed E-state index contributed by atoms with van der Waals surface area (Å²) in [6.07, 6.45) is 0. The van der Waals surface area contributed by atoms with E-state index in [4.69, 9.17) is 5.84 Å². The average molecular weight is 285 g/mol. The molecule has 20 heavy (non-hydrogen) atoms. The molecular formula is C13H11N5OS. The molecule has 3 rings (SSSR count). The number of nitrogens with two attached hydrogens (primary N) is 1. The summed E-state index contributed by atoms with van der Waals surface area (Å²) in [4.78, 5) is 12.0. The molecule has 0 bridgehead atoms. The van der Waals surface area contributed by atoms with Gasteiger partial charge in [0.1, 0.15) is 0 Å². The Bertz CT molecular complexity index is 753. The first-order chi connectivity index (χ1) is 9.76. The summed E-state index contributed by atoms with van der Waals surface area (Å²) in [6, 6.07) is 10.9. The van der Waals surface area contributed by atoms with Crippen molar-refractivity contribution in [1.29, 1.82) is 0 Å². The lowest BCUT2D eigenvalue weighted by atomic mass is 10.2. The maximum absolute atomic E-state index is 12.0. The van der Waals surface area contributed by atoms with E-state index in [2.05, 4.69) is 20.9 Å². The number of fused-ring (bicyclic) bond motifs is 1. The van der Waals surface area contributed by atoms with Gasteiger partial charge < -0.3 is 10.7 Å². The van der Waals surface area contributed by atoms with E-state index < -0.39 is 0 Å². The van der Waals surface area contributed by atoms with Crippen LogP contribution in [0.1, 0.15) is 10.5 Å². The number of benzene rings is 1. The number of nitrogens with one attached hydrogen (secondary N) is 2. The van der Waals surface area contributed by atoms with Gasteiger partial charge in [0.2, 0.25) is 0 Å². The lowest BCUT2D eigenvalue weighted by molar-refractivity contribution is 0.102. The number of hydrogen-bond donors (Lipinski definition) is 3. The van der Waals surface area contributed by atoms with Crippen molar-refractivity contribution >= 4 is 38.8 Å². The molecule has 0 saturated carbocycles. The van der Waals surface area contributed by atoms with Crippen molar-refractivity contribution in [2.75, 3.05) is 10.7 Å². The fraction of sp³-hybridized carbons (Fsp3) is 0. The smallest absolute Gasteiger partial charge is 0.276 e. The molecule has 100 valence electrons. The van der Waals surface area contributed by atoms with Gasteiger partial charge in [-0.15, -0.1) is 21.5 Å². The van der Waals surface area contributed by atoms with Crippen LogP contribution in [0.3, 0.4) is 0 Å². The number of hydrazine groups is 1. The molecule has 2 heterocycles. The summed E-state index contributed by atoms with van der Waals surface area (Å²) in [6.45, 7) is 0. The van der Waals surface area contributed by atoms with Crippen molar-refractivity contribution in [3.05, 3.63) is 47.5 Å². The second kappa shape index (κ2) is 5.24. The monoisotopic (exact) mass is 285 g/mol. The molecule has 0 aliphatic heterocycles. The number of rotatable bonds is 3. The van der Waals surface area contributed by atoms with E-state index in [9.17, 15) is 4.79 Å². The maximum Gasteiger partial charge on any atom is 0.276 e. The minimum absolute atomic E-state index is 0.231. The fourth-order valence-electron chi connectivity index (χ4n) is 1.77. The highest BCUT2D eigenvalue weighted by Gasteiger charge is 2.09. The molecule has 0 spiro atoms. The second-order valence-electron chi connectivity index (χ2n) is 4.08. The molecule has 6 nitrogen and oxygen atoms in total. The van der Waals surface area contributed by atoms with Gasteiger partial charge in [-0.1, -0.05) is 0 Å². The van der Waals surface area contributed by atoms with E-state index >= 15 is 0 Å². The highest BCUT2D eigenvalue weighted by Crippen LogP contribution is 2.24. The number of aromatic nitrogens is 2. The third kappa shape index (κ3) is 2.44. The van der Waals surface area contributed by atoms with Crippen molar-refractivity contribution in [2.24, 2.45) is 5.84 Å². The molecule has 3 aromatic rings. The molecule has 1 amide bonds. The second-order valence-corrected chi connectivity index (χ2v) is 5.02. The van der Waals surface area contributed by atoms with Crippen molar-refractivity contribution in [3.8, 4) is 0 Å². The Balaban J connectivity index is 1.80. The first-order valence-corrected chi connectivity index (χ1v) is 6.73. The number of carbonyl (C=O) groups excluding carboxylic acids is 1. The van der Waals surface area contributed by atoms with Gasteiger partial charge in [-0.05, 0) is 47.2 Å². The van der Waals surface area contributed by atoms with Gasteiger partial charge >= 0.3 is 0 Å². The van der Waals surface area contributed by atoms with Crippen molar-refractivity contribution < 1.29 is 4.79 Å². The lowest BCUT2D eigenvalue weighted by Crippen LogP contribution is -2.16. The fourth-order valence-corrected chi connectivity index (χ4v) is 2.54. The maximum atomic E-state index is 12.0. The Morgan fingerprint density at radius 2 is 2.05 bits per heavy atom.